The lowest BCUT2D eigenvalue weighted by Crippen LogP contribution is -2.30. The standard InChI is InChI=1S/C24H24ClN3O3/c1-3-5-12-28-23(15-6-9-17(10-7-15)31-13-4-2)20-21(26-27-22(20)24(28)30)18-14-16(25)8-11-19(18)29/h4,6-11,14,23,29H,2-3,5,12-13H2,1H3,(H,26,27). The fourth-order valence-electron chi connectivity index (χ4n) is 3.91. The fourth-order valence-corrected chi connectivity index (χ4v) is 4.08. The van der Waals surface area contributed by atoms with E-state index in [1.54, 1.807) is 18.2 Å². The monoisotopic (exact) mass is 437 g/mol. The number of rotatable bonds is 8. The molecule has 2 N–H and O–H groups in total. The molecule has 1 amide bonds. The van der Waals surface area contributed by atoms with Crippen LogP contribution in [0.1, 0.15) is 47.4 Å². The number of aromatic hydroxyl groups is 1. The van der Waals surface area contributed by atoms with Gasteiger partial charge >= 0.3 is 0 Å². The average molecular weight is 438 g/mol. The number of ether oxygens (including phenoxy) is 1. The molecule has 0 fully saturated rings. The molecule has 0 spiro atoms. The Morgan fingerprint density at radius 3 is 2.77 bits per heavy atom. The second kappa shape index (κ2) is 8.86. The van der Waals surface area contributed by atoms with Crippen LogP contribution in [-0.2, 0) is 0 Å². The number of nitrogens with one attached hydrogen (secondary N) is 1. The third-order valence-corrected chi connectivity index (χ3v) is 5.63. The Kier molecular flexibility index (Phi) is 6.00. The fraction of sp³-hybridized carbons (Fsp3) is 0.250. The van der Waals surface area contributed by atoms with Gasteiger partial charge in [-0.3, -0.25) is 9.89 Å². The molecule has 31 heavy (non-hydrogen) atoms. The molecule has 1 atom stereocenters. The van der Waals surface area contributed by atoms with Gasteiger partial charge in [0.2, 0.25) is 0 Å². The van der Waals surface area contributed by atoms with Crippen molar-refractivity contribution in [3.8, 4) is 22.8 Å². The molecule has 1 aliphatic heterocycles. The van der Waals surface area contributed by atoms with Gasteiger partial charge in [0.05, 0.1) is 6.04 Å². The van der Waals surface area contributed by atoms with Crippen LogP contribution < -0.4 is 4.74 Å². The summed E-state index contributed by atoms with van der Waals surface area (Å²) in [5.74, 6) is 0.694. The molecule has 0 saturated heterocycles. The number of amides is 1. The molecule has 0 aliphatic carbocycles. The summed E-state index contributed by atoms with van der Waals surface area (Å²) >= 11 is 6.18. The molecule has 1 aliphatic rings. The summed E-state index contributed by atoms with van der Waals surface area (Å²) in [6, 6.07) is 12.2. The minimum atomic E-state index is -0.324. The predicted octanol–water partition coefficient (Wildman–Crippen LogP) is 5.35. The van der Waals surface area contributed by atoms with E-state index in [-0.39, 0.29) is 17.7 Å². The molecule has 2 aromatic carbocycles. The number of nitrogens with zero attached hydrogens (tertiary/aromatic N) is 2. The quantitative estimate of drug-likeness (QED) is 0.466. The van der Waals surface area contributed by atoms with E-state index in [1.165, 1.54) is 6.07 Å². The number of phenols is 1. The minimum absolute atomic E-state index is 0.0603. The first kappa shape index (κ1) is 21.0. The molecular formula is C24H24ClN3O3. The number of unbranched alkanes of at least 4 members (excludes halogenated alkanes) is 1. The maximum atomic E-state index is 13.2. The molecular weight excluding hydrogens is 414 g/mol. The summed E-state index contributed by atoms with van der Waals surface area (Å²) in [7, 11) is 0. The lowest BCUT2D eigenvalue weighted by molar-refractivity contribution is 0.0741. The van der Waals surface area contributed by atoms with Gasteiger partial charge in [0.1, 0.15) is 29.5 Å². The lowest BCUT2D eigenvalue weighted by atomic mass is 9.95. The average Bonchev–Trinajstić information content (AvgIpc) is 3.32. The van der Waals surface area contributed by atoms with Crippen molar-refractivity contribution in [3.05, 3.63) is 77.0 Å². The van der Waals surface area contributed by atoms with Gasteiger partial charge in [-0.2, -0.15) is 5.10 Å². The Morgan fingerprint density at radius 2 is 2.06 bits per heavy atom. The SMILES string of the molecule is C=CCOc1ccc(C2c3c(-c4cc(Cl)ccc4O)n[nH]c3C(=O)N2CCCC)cc1. The summed E-state index contributed by atoms with van der Waals surface area (Å²) in [4.78, 5) is 15.1. The zero-order valence-electron chi connectivity index (χ0n) is 17.3. The van der Waals surface area contributed by atoms with E-state index in [9.17, 15) is 9.90 Å². The van der Waals surface area contributed by atoms with Gasteiger partial charge < -0.3 is 14.7 Å². The summed E-state index contributed by atoms with van der Waals surface area (Å²) in [5.41, 5.74) is 3.16. The molecule has 0 radical (unpaired) electrons. The van der Waals surface area contributed by atoms with Gasteiger partial charge in [-0.1, -0.05) is 49.7 Å². The Labute approximate surface area is 186 Å². The Hall–Kier alpha value is -3.25. The van der Waals surface area contributed by atoms with E-state index in [4.69, 9.17) is 16.3 Å². The number of H-pyrrole nitrogens is 1. The largest absolute Gasteiger partial charge is 0.507 e. The van der Waals surface area contributed by atoms with Crippen molar-refractivity contribution in [2.75, 3.05) is 13.2 Å². The lowest BCUT2D eigenvalue weighted by Gasteiger charge is -2.26. The number of halogens is 1. The van der Waals surface area contributed by atoms with Crippen LogP contribution in [0.15, 0.2) is 55.1 Å². The Bertz CT molecular complexity index is 1110. The highest BCUT2D eigenvalue weighted by atomic mass is 35.5. The van der Waals surface area contributed by atoms with Crippen molar-refractivity contribution in [2.45, 2.75) is 25.8 Å². The molecule has 4 rings (SSSR count). The van der Waals surface area contributed by atoms with Crippen molar-refractivity contribution in [3.63, 3.8) is 0 Å². The third kappa shape index (κ3) is 3.91. The number of aromatic nitrogens is 2. The molecule has 0 saturated carbocycles. The van der Waals surface area contributed by atoms with Crippen LogP contribution in [-0.4, -0.2) is 39.3 Å². The first-order valence-electron chi connectivity index (χ1n) is 10.3. The highest BCUT2D eigenvalue weighted by Gasteiger charge is 2.42. The number of carbonyl (C=O) groups is 1. The van der Waals surface area contributed by atoms with Crippen molar-refractivity contribution < 1.29 is 14.6 Å². The van der Waals surface area contributed by atoms with Crippen molar-refractivity contribution in [2.24, 2.45) is 0 Å². The molecule has 7 heteroatoms. The first-order chi connectivity index (χ1) is 15.0. The number of benzene rings is 2. The van der Waals surface area contributed by atoms with E-state index in [0.717, 1.165) is 29.7 Å². The minimum Gasteiger partial charge on any atom is -0.507 e. The van der Waals surface area contributed by atoms with Crippen LogP contribution in [0.3, 0.4) is 0 Å². The Morgan fingerprint density at radius 1 is 1.29 bits per heavy atom. The van der Waals surface area contributed by atoms with Crippen molar-refractivity contribution in [1.82, 2.24) is 15.1 Å². The molecule has 0 bridgehead atoms. The van der Waals surface area contributed by atoms with E-state index in [2.05, 4.69) is 23.7 Å². The molecule has 6 nitrogen and oxygen atoms in total. The summed E-state index contributed by atoms with van der Waals surface area (Å²) in [6.07, 6.45) is 3.55. The van der Waals surface area contributed by atoms with Gasteiger partial charge in [-0.05, 0) is 42.3 Å². The van der Waals surface area contributed by atoms with E-state index < -0.39 is 0 Å². The predicted molar refractivity (Wildman–Crippen MR) is 121 cm³/mol. The van der Waals surface area contributed by atoms with Gasteiger partial charge in [-0.25, -0.2) is 0 Å². The number of hydrogen-bond acceptors (Lipinski definition) is 4. The number of aromatic amines is 1. The smallest absolute Gasteiger partial charge is 0.273 e. The maximum absolute atomic E-state index is 13.2. The second-order valence-electron chi connectivity index (χ2n) is 7.45. The maximum Gasteiger partial charge on any atom is 0.273 e. The zero-order valence-corrected chi connectivity index (χ0v) is 18.0. The van der Waals surface area contributed by atoms with E-state index in [0.29, 0.717) is 35.1 Å². The van der Waals surface area contributed by atoms with Crippen molar-refractivity contribution in [1.29, 1.82) is 0 Å². The van der Waals surface area contributed by atoms with Crippen LogP contribution in [0.2, 0.25) is 5.02 Å². The van der Waals surface area contributed by atoms with Crippen molar-refractivity contribution >= 4 is 17.5 Å². The topological polar surface area (TPSA) is 78.5 Å². The number of phenolic OH excluding ortho intramolecular Hbond substituents is 1. The molecule has 3 aromatic rings. The summed E-state index contributed by atoms with van der Waals surface area (Å²) in [6.45, 7) is 6.81. The van der Waals surface area contributed by atoms with Crippen LogP contribution in [0.4, 0.5) is 0 Å². The summed E-state index contributed by atoms with van der Waals surface area (Å²) in [5, 5.41) is 18.2. The molecule has 1 unspecified atom stereocenters. The highest BCUT2D eigenvalue weighted by molar-refractivity contribution is 6.31. The van der Waals surface area contributed by atoms with Gasteiger partial charge in [0.25, 0.3) is 5.91 Å². The second-order valence-corrected chi connectivity index (χ2v) is 7.88. The number of hydrogen-bond donors (Lipinski definition) is 2. The third-order valence-electron chi connectivity index (χ3n) is 5.39. The number of fused-ring (bicyclic) bond motifs is 1. The first-order valence-corrected chi connectivity index (χ1v) is 10.6. The highest BCUT2D eigenvalue weighted by Crippen LogP contribution is 2.45. The normalized spacial score (nSPS) is 15.2. The molecule has 1 aromatic heterocycles. The summed E-state index contributed by atoms with van der Waals surface area (Å²) < 4.78 is 5.60. The number of carbonyl (C=O) groups excluding carboxylic acids is 1. The van der Waals surface area contributed by atoms with Gasteiger partial charge in [0.15, 0.2) is 0 Å². The Balaban J connectivity index is 1.81. The van der Waals surface area contributed by atoms with Crippen LogP contribution in [0.5, 0.6) is 11.5 Å². The van der Waals surface area contributed by atoms with Gasteiger partial charge in [-0.15, -0.1) is 0 Å². The van der Waals surface area contributed by atoms with Crippen LogP contribution in [0, 0.1) is 0 Å². The van der Waals surface area contributed by atoms with Crippen LogP contribution >= 0.6 is 11.6 Å². The van der Waals surface area contributed by atoms with Gasteiger partial charge in [0, 0.05) is 22.7 Å². The molecule has 2 heterocycles. The van der Waals surface area contributed by atoms with E-state index >= 15 is 0 Å². The zero-order chi connectivity index (χ0) is 22.0. The molecule has 160 valence electrons. The van der Waals surface area contributed by atoms with Crippen LogP contribution in [0.25, 0.3) is 11.3 Å². The van der Waals surface area contributed by atoms with E-state index in [1.807, 2.05) is 29.2 Å².